The summed E-state index contributed by atoms with van der Waals surface area (Å²) < 4.78 is 4.97. The average molecular weight is 478 g/mol. The molecule has 0 bridgehead atoms. The number of pyridine rings is 1. The normalized spacial score (nSPS) is 10.5. The van der Waals surface area contributed by atoms with Crippen LogP contribution >= 0.6 is 0 Å². The molecule has 35 heavy (non-hydrogen) atoms. The maximum atomic E-state index is 11.8. The summed E-state index contributed by atoms with van der Waals surface area (Å²) in [6.45, 7) is 3.45. The predicted molar refractivity (Wildman–Crippen MR) is 136 cm³/mol. The molecule has 0 aliphatic carbocycles. The number of rotatable bonds is 13. The molecule has 0 saturated carbocycles. The zero-order valence-corrected chi connectivity index (χ0v) is 19.8. The van der Waals surface area contributed by atoms with Crippen molar-refractivity contribution in [3.8, 4) is 11.5 Å². The number of nitrogens with zero attached hydrogens (tertiary/aromatic N) is 3. The Morgan fingerprint density at radius 3 is 2.49 bits per heavy atom. The number of carbonyl (C=O) groups is 2. The number of esters is 1. The summed E-state index contributed by atoms with van der Waals surface area (Å²) in [5, 5.41) is 9.34. The number of amides is 1. The summed E-state index contributed by atoms with van der Waals surface area (Å²) in [6, 6.07) is 15.0. The Bertz CT molecular complexity index is 1110. The third-order valence-electron chi connectivity index (χ3n) is 4.86. The quantitative estimate of drug-likeness (QED) is 0.273. The number of hydrogen-bond acceptors (Lipinski definition) is 9. The first-order valence-electron chi connectivity index (χ1n) is 11.6. The first-order chi connectivity index (χ1) is 17.1. The van der Waals surface area contributed by atoms with Gasteiger partial charge in [-0.2, -0.15) is 0 Å². The Hall–Kier alpha value is -4.05. The van der Waals surface area contributed by atoms with Gasteiger partial charge in [-0.1, -0.05) is 18.2 Å². The highest BCUT2D eigenvalue weighted by Gasteiger charge is 2.09. The molecule has 1 aromatic carbocycles. The standard InChI is InChI=1S/C25H31N7O3/c1-2-35-24(34)11-15-29-22-17-21(31-25(32-22)20-8-3-4-13-27-20)28-14-10-18-6-5-7-19(16-18)30-23(33)9-12-26/h3-8,13,16-17H,2,9-12,14-15,26H2,1H3,(H,30,33)(H2,28,29,31,32). The van der Waals surface area contributed by atoms with Gasteiger partial charge in [-0.15, -0.1) is 0 Å². The van der Waals surface area contributed by atoms with E-state index in [1.54, 1.807) is 19.2 Å². The van der Waals surface area contributed by atoms with Crippen LogP contribution in [0.4, 0.5) is 17.3 Å². The van der Waals surface area contributed by atoms with E-state index >= 15 is 0 Å². The van der Waals surface area contributed by atoms with Gasteiger partial charge in [0.15, 0.2) is 5.82 Å². The third kappa shape index (κ3) is 8.67. The fraction of sp³-hybridized carbons (Fsp3) is 0.320. The van der Waals surface area contributed by atoms with Crippen LogP contribution in [-0.2, 0) is 20.7 Å². The van der Waals surface area contributed by atoms with E-state index in [4.69, 9.17) is 10.5 Å². The zero-order valence-electron chi connectivity index (χ0n) is 19.8. The first-order valence-corrected chi connectivity index (χ1v) is 11.6. The van der Waals surface area contributed by atoms with Crippen LogP contribution in [0.5, 0.6) is 0 Å². The van der Waals surface area contributed by atoms with Gasteiger partial charge in [-0.25, -0.2) is 9.97 Å². The molecule has 0 radical (unpaired) electrons. The molecule has 10 heteroatoms. The highest BCUT2D eigenvalue weighted by atomic mass is 16.5. The fourth-order valence-electron chi connectivity index (χ4n) is 3.26. The summed E-state index contributed by atoms with van der Waals surface area (Å²) in [6.07, 6.45) is 2.92. The maximum Gasteiger partial charge on any atom is 0.307 e. The van der Waals surface area contributed by atoms with Gasteiger partial charge in [0.2, 0.25) is 5.91 Å². The number of anilines is 3. The minimum atomic E-state index is -0.265. The summed E-state index contributed by atoms with van der Waals surface area (Å²) in [5.74, 6) is 1.32. The van der Waals surface area contributed by atoms with Gasteiger partial charge < -0.3 is 26.4 Å². The minimum absolute atomic E-state index is 0.103. The van der Waals surface area contributed by atoms with Crippen LogP contribution < -0.4 is 21.7 Å². The molecule has 0 aliphatic heterocycles. The Morgan fingerprint density at radius 1 is 0.971 bits per heavy atom. The molecular formula is C25H31N7O3. The van der Waals surface area contributed by atoms with Crippen molar-refractivity contribution in [2.75, 3.05) is 42.2 Å². The van der Waals surface area contributed by atoms with Gasteiger partial charge in [0.05, 0.1) is 13.0 Å². The zero-order chi connectivity index (χ0) is 24.9. The van der Waals surface area contributed by atoms with Crippen molar-refractivity contribution < 1.29 is 14.3 Å². The van der Waals surface area contributed by atoms with E-state index in [9.17, 15) is 9.59 Å². The van der Waals surface area contributed by atoms with Crippen molar-refractivity contribution in [2.24, 2.45) is 5.73 Å². The largest absolute Gasteiger partial charge is 0.466 e. The molecule has 2 heterocycles. The lowest BCUT2D eigenvalue weighted by Gasteiger charge is -2.12. The second-order valence-corrected chi connectivity index (χ2v) is 7.62. The predicted octanol–water partition coefficient (Wildman–Crippen LogP) is 2.85. The molecule has 184 valence electrons. The minimum Gasteiger partial charge on any atom is -0.466 e. The molecule has 2 aromatic heterocycles. The smallest absolute Gasteiger partial charge is 0.307 e. The number of hydrogen-bond donors (Lipinski definition) is 4. The molecule has 3 rings (SSSR count). The van der Waals surface area contributed by atoms with Crippen molar-refractivity contribution in [3.63, 3.8) is 0 Å². The molecule has 0 saturated heterocycles. The summed E-state index contributed by atoms with van der Waals surface area (Å²) in [7, 11) is 0. The molecule has 5 N–H and O–H groups in total. The van der Waals surface area contributed by atoms with Crippen LogP contribution in [-0.4, -0.2) is 53.1 Å². The highest BCUT2D eigenvalue weighted by Crippen LogP contribution is 2.19. The number of aromatic nitrogens is 3. The molecule has 0 fully saturated rings. The molecule has 0 spiro atoms. The average Bonchev–Trinajstić information content (AvgIpc) is 2.85. The molecule has 10 nitrogen and oxygen atoms in total. The van der Waals surface area contributed by atoms with E-state index in [1.165, 1.54) is 0 Å². The van der Waals surface area contributed by atoms with Gasteiger partial charge >= 0.3 is 5.97 Å². The van der Waals surface area contributed by atoms with Gasteiger partial charge in [-0.05, 0) is 43.2 Å². The Morgan fingerprint density at radius 2 is 1.77 bits per heavy atom. The number of nitrogens with one attached hydrogen (secondary N) is 3. The number of carbonyl (C=O) groups excluding carboxylic acids is 2. The van der Waals surface area contributed by atoms with Gasteiger partial charge in [0.25, 0.3) is 0 Å². The number of nitrogens with two attached hydrogens (primary N) is 1. The molecule has 1 amide bonds. The summed E-state index contributed by atoms with van der Waals surface area (Å²) in [5.41, 5.74) is 7.89. The lowest BCUT2D eigenvalue weighted by Crippen LogP contribution is -2.16. The van der Waals surface area contributed by atoms with E-state index in [-0.39, 0.29) is 24.7 Å². The van der Waals surface area contributed by atoms with Gasteiger partial charge in [0.1, 0.15) is 17.3 Å². The van der Waals surface area contributed by atoms with Gasteiger partial charge in [-0.3, -0.25) is 14.6 Å². The van der Waals surface area contributed by atoms with E-state index in [0.717, 1.165) is 17.7 Å². The van der Waals surface area contributed by atoms with E-state index in [2.05, 4.69) is 30.9 Å². The van der Waals surface area contributed by atoms with Crippen LogP contribution in [0.15, 0.2) is 54.7 Å². The monoisotopic (exact) mass is 477 g/mol. The second kappa shape index (κ2) is 13.6. The number of ether oxygens (including phenoxy) is 1. The highest BCUT2D eigenvalue weighted by molar-refractivity contribution is 5.90. The summed E-state index contributed by atoms with van der Waals surface area (Å²) >= 11 is 0. The first kappa shape index (κ1) is 25.6. The Labute approximate surface area is 204 Å². The molecule has 0 aliphatic rings. The second-order valence-electron chi connectivity index (χ2n) is 7.62. The lowest BCUT2D eigenvalue weighted by atomic mass is 10.1. The maximum absolute atomic E-state index is 11.8. The third-order valence-corrected chi connectivity index (χ3v) is 4.86. The molecule has 0 atom stereocenters. The summed E-state index contributed by atoms with van der Waals surface area (Å²) in [4.78, 5) is 36.9. The van der Waals surface area contributed by atoms with Crippen LogP contribution in [0.3, 0.4) is 0 Å². The molecule has 0 unspecified atom stereocenters. The lowest BCUT2D eigenvalue weighted by molar-refractivity contribution is -0.142. The van der Waals surface area contributed by atoms with Crippen LogP contribution in [0.1, 0.15) is 25.3 Å². The Balaban J connectivity index is 1.65. The number of benzene rings is 1. The van der Waals surface area contributed by atoms with Crippen molar-refractivity contribution in [1.29, 1.82) is 0 Å². The topological polar surface area (TPSA) is 144 Å². The van der Waals surface area contributed by atoms with Crippen LogP contribution in [0.2, 0.25) is 0 Å². The van der Waals surface area contributed by atoms with Crippen molar-refractivity contribution in [2.45, 2.75) is 26.2 Å². The fourth-order valence-corrected chi connectivity index (χ4v) is 3.26. The SMILES string of the molecule is CCOC(=O)CCNc1cc(NCCc2cccc(NC(=O)CCN)c2)nc(-c2ccccn2)n1. The van der Waals surface area contributed by atoms with Crippen molar-refractivity contribution in [3.05, 3.63) is 60.3 Å². The van der Waals surface area contributed by atoms with Crippen molar-refractivity contribution in [1.82, 2.24) is 15.0 Å². The molecule has 3 aromatic rings. The van der Waals surface area contributed by atoms with Crippen LogP contribution in [0, 0.1) is 0 Å². The van der Waals surface area contributed by atoms with Gasteiger partial charge in [0, 0.05) is 44.0 Å². The van der Waals surface area contributed by atoms with E-state index < -0.39 is 0 Å². The van der Waals surface area contributed by atoms with E-state index in [1.807, 2.05) is 42.5 Å². The van der Waals surface area contributed by atoms with E-state index in [0.29, 0.717) is 49.4 Å². The van der Waals surface area contributed by atoms with Crippen LogP contribution in [0.25, 0.3) is 11.5 Å². The van der Waals surface area contributed by atoms with Crippen molar-refractivity contribution >= 4 is 29.2 Å². The molecular weight excluding hydrogens is 446 g/mol. The Kier molecular flexibility index (Phi) is 9.94.